The number of carbonyl (C=O) groups excluding carboxylic acids is 1. The van der Waals surface area contributed by atoms with E-state index in [2.05, 4.69) is 19.4 Å². The number of benzene rings is 1. The topological polar surface area (TPSA) is 101 Å². The molecule has 0 fully saturated rings. The molecule has 0 radical (unpaired) electrons. The number of nitrogens with one attached hydrogen (secondary N) is 1. The van der Waals surface area contributed by atoms with Crippen LogP contribution in [0.15, 0.2) is 35.5 Å². The Morgan fingerprint density at radius 2 is 1.92 bits per heavy atom. The van der Waals surface area contributed by atoms with E-state index in [0.717, 1.165) is 0 Å². The highest BCUT2D eigenvalue weighted by atomic mass is 32.2. The summed E-state index contributed by atoms with van der Waals surface area (Å²) in [7, 11) is 0.995. The minimum atomic E-state index is -3.85. The van der Waals surface area contributed by atoms with Gasteiger partial charge < -0.3 is 9.64 Å². The van der Waals surface area contributed by atoms with E-state index in [9.17, 15) is 13.2 Å². The number of ether oxygens (including phenoxy) is 1. The van der Waals surface area contributed by atoms with Gasteiger partial charge in [-0.3, -0.25) is 4.72 Å². The second-order valence-corrected chi connectivity index (χ2v) is 6.88. The quantitative estimate of drug-likeness (QED) is 0.814. The van der Waals surface area contributed by atoms with Crippen LogP contribution in [0, 0.1) is 6.92 Å². The summed E-state index contributed by atoms with van der Waals surface area (Å²) in [6.07, 6.45) is 1.28. The summed E-state index contributed by atoms with van der Waals surface area (Å²) in [6, 6.07) is 5.75. The number of carbonyl (C=O) groups is 1. The monoisotopic (exact) mass is 350 g/mol. The Hall–Kier alpha value is -2.68. The molecule has 0 aliphatic rings. The molecular weight excluding hydrogens is 332 g/mol. The lowest BCUT2D eigenvalue weighted by atomic mass is 10.1. The third-order valence-electron chi connectivity index (χ3n) is 3.24. The predicted molar refractivity (Wildman–Crippen MR) is 89.7 cm³/mol. The number of aromatic nitrogens is 2. The van der Waals surface area contributed by atoms with E-state index in [-0.39, 0.29) is 16.3 Å². The van der Waals surface area contributed by atoms with Crippen LogP contribution in [-0.2, 0) is 14.8 Å². The molecular formula is C15H18N4O4S. The third-order valence-corrected chi connectivity index (χ3v) is 4.75. The largest absolute Gasteiger partial charge is 0.465 e. The Labute approximate surface area is 140 Å². The zero-order valence-electron chi connectivity index (χ0n) is 13.8. The van der Waals surface area contributed by atoms with Gasteiger partial charge in [-0.25, -0.2) is 23.2 Å². The van der Waals surface area contributed by atoms with E-state index in [1.807, 2.05) is 0 Å². The van der Waals surface area contributed by atoms with Crippen molar-refractivity contribution in [2.45, 2.75) is 11.8 Å². The summed E-state index contributed by atoms with van der Waals surface area (Å²) in [4.78, 5) is 21.2. The molecule has 0 aliphatic carbocycles. The number of hydrogen-bond acceptors (Lipinski definition) is 7. The van der Waals surface area contributed by atoms with Gasteiger partial charge in [0.25, 0.3) is 10.0 Å². The standard InChI is InChI=1S/C15H18N4O4S/c1-10-7-11(15(20)23-4)5-6-12(10)24(21,22)18-13-8-14(19(2)3)17-9-16-13/h5-9H,1-4H3,(H,16,17,18). The highest BCUT2D eigenvalue weighted by molar-refractivity contribution is 7.92. The van der Waals surface area contributed by atoms with Crippen LogP contribution >= 0.6 is 0 Å². The van der Waals surface area contributed by atoms with Crippen LogP contribution in [0.25, 0.3) is 0 Å². The molecule has 9 heteroatoms. The summed E-state index contributed by atoms with van der Waals surface area (Å²) < 4.78 is 32.1. The lowest BCUT2D eigenvalue weighted by molar-refractivity contribution is 0.0600. The molecule has 0 atom stereocenters. The Balaban J connectivity index is 2.34. The fourth-order valence-corrected chi connectivity index (χ4v) is 3.26. The number of hydrogen-bond donors (Lipinski definition) is 1. The summed E-state index contributed by atoms with van der Waals surface area (Å²) in [5.41, 5.74) is 0.707. The molecule has 1 aromatic carbocycles. The number of sulfonamides is 1. The molecule has 128 valence electrons. The molecule has 1 N–H and O–H groups in total. The lowest BCUT2D eigenvalue weighted by Crippen LogP contribution is -2.17. The number of aryl methyl sites for hydroxylation is 1. The van der Waals surface area contributed by atoms with Gasteiger partial charge in [0.2, 0.25) is 0 Å². The molecule has 2 aromatic rings. The van der Waals surface area contributed by atoms with Crippen LogP contribution in [0.5, 0.6) is 0 Å². The highest BCUT2D eigenvalue weighted by Crippen LogP contribution is 2.21. The number of anilines is 2. The average molecular weight is 350 g/mol. The Bertz CT molecular complexity index is 866. The van der Waals surface area contributed by atoms with Crippen LogP contribution in [0.1, 0.15) is 15.9 Å². The van der Waals surface area contributed by atoms with Crippen LogP contribution in [-0.4, -0.2) is 45.6 Å². The summed E-state index contributed by atoms with van der Waals surface area (Å²) in [6.45, 7) is 1.60. The maximum absolute atomic E-state index is 12.6. The minimum absolute atomic E-state index is 0.0557. The third kappa shape index (κ3) is 3.80. The first-order valence-electron chi connectivity index (χ1n) is 6.96. The van der Waals surface area contributed by atoms with Crippen molar-refractivity contribution in [2.75, 3.05) is 30.8 Å². The van der Waals surface area contributed by atoms with Gasteiger partial charge in [-0.2, -0.15) is 0 Å². The molecule has 0 amide bonds. The molecule has 0 bridgehead atoms. The molecule has 0 unspecified atom stereocenters. The van der Waals surface area contributed by atoms with Crippen molar-refractivity contribution < 1.29 is 17.9 Å². The molecule has 1 aromatic heterocycles. The smallest absolute Gasteiger partial charge is 0.337 e. The first-order valence-corrected chi connectivity index (χ1v) is 8.44. The molecule has 0 aliphatic heterocycles. The zero-order valence-corrected chi connectivity index (χ0v) is 14.6. The van der Waals surface area contributed by atoms with Gasteiger partial charge in [0, 0.05) is 20.2 Å². The Morgan fingerprint density at radius 3 is 2.50 bits per heavy atom. The molecule has 1 heterocycles. The maximum Gasteiger partial charge on any atom is 0.337 e. The van der Waals surface area contributed by atoms with Crippen molar-refractivity contribution in [2.24, 2.45) is 0 Å². The maximum atomic E-state index is 12.6. The van der Waals surface area contributed by atoms with E-state index in [0.29, 0.717) is 11.4 Å². The van der Waals surface area contributed by atoms with Crippen LogP contribution in [0.4, 0.5) is 11.6 Å². The van der Waals surface area contributed by atoms with Crippen LogP contribution in [0.2, 0.25) is 0 Å². The van der Waals surface area contributed by atoms with Crippen molar-refractivity contribution in [3.63, 3.8) is 0 Å². The summed E-state index contributed by atoms with van der Waals surface area (Å²) >= 11 is 0. The van der Waals surface area contributed by atoms with Gasteiger partial charge in [-0.05, 0) is 30.7 Å². The predicted octanol–water partition coefficient (Wildman–Crippen LogP) is 1.44. The first kappa shape index (κ1) is 17.7. The average Bonchev–Trinajstić information content (AvgIpc) is 2.53. The van der Waals surface area contributed by atoms with Gasteiger partial charge in [-0.1, -0.05) is 0 Å². The van der Waals surface area contributed by atoms with Gasteiger partial charge in [-0.15, -0.1) is 0 Å². The number of nitrogens with zero attached hydrogens (tertiary/aromatic N) is 3. The Kier molecular flexibility index (Phi) is 5.03. The SMILES string of the molecule is COC(=O)c1ccc(S(=O)(=O)Nc2cc(N(C)C)ncn2)c(C)c1. The number of rotatable bonds is 5. The normalized spacial score (nSPS) is 11.0. The van der Waals surface area contributed by atoms with Gasteiger partial charge in [0.05, 0.1) is 17.6 Å². The van der Waals surface area contributed by atoms with Crippen molar-refractivity contribution in [1.29, 1.82) is 0 Å². The van der Waals surface area contributed by atoms with Crippen molar-refractivity contribution in [3.05, 3.63) is 41.7 Å². The van der Waals surface area contributed by atoms with E-state index in [1.165, 1.54) is 37.7 Å². The first-order chi connectivity index (χ1) is 11.2. The van der Waals surface area contributed by atoms with Crippen LogP contribution in [0.3, 0.4) is 0 Å². The van der Waals surface area contributed by atoms with E-state index in [1.54, 1.807) is 25.9 Å². The van der Waals surface area contributed by atoms with Gasteiger partial charge in [0.15, 0.2) is 0 Å². The van der Waals surface area contributed by atoms with Crippen molar-refractivity contribution in [3.8, 4) is 0 Å². The second kappa shape index (κ2) is 6.83. The zero-order chi connectivity index (χ0) is 17.9. The molecule has 8 nitrogen and oxygen atoms in total. The van der Waals surface area contributed by atoms with Crippen LogP contribution < -0.4 is 9.62 Å². The second-order valence-electron chi connectivity index (χ2n) is 5.23. The lowest BCUT2D eigenvalue weighted by Gasteiger charge is -2.13. The molecule has 24 heavy (non-hydrogen) atoms. The van der Waals surface area contributed by atoms with Gasteiger partial charge >= 0.3 is 5.97 Å². The van der Waals surface area contributed by atoms with E-state index in [4.69, 9.17) is 0 Å². The Morgan fingerprint density at radius 1 is 1.21 bits per heavy atom. The highest BCUT2D eigenvalue weighted by Gasteiger charge is 2.19. The van der Waals surface area contributed by atoms with E-state index >= 15 is 0 Å². The van der Waals surface area contributed by atoms with Crippen molar-refractivity contribution >= 4 is 27.6 Å². The van der Waals surface area contributed by atoms with Gasteiger partial charge in [0.1, 0.15) is 18.0 Å². The summed E-state index contributed by atoms with van der Waals surface area (Å²) in [5.74, 6) is 0.201. The number of esters is 1. The number of methoxy groups -OCH3 is 1. The minimum Gasteiger partial charge on any atom is -0.465 e. The summed E-state index contributed by atoms with van der Waals surface area (Å²) in [5, 5.41) is 0. The fraction of sp³-hybridized carbons (Fsp3) is 0.267. The molecule has 2 rings (SSSR count). The molecule has 0 spiro atoms. The molecule has 0 saturated heterocycles. The van der Waals surface area contributed by atoms with Crippen molar-refractivity contribution in [1.82, 2.24) is 9.97 Å². The molecule has 0 saturated carbocycles. The fourth-order valence-electron chi connectivity index (χ4n) is 2.04. The van der Waals surface area contributed by atoms with E-state index < -0.39 is 16.0 Å².